The Morgan fingerprint density at radius 3 is 2.02 bits per heavy atom. The van der Waals surface area contributed by atoms with E-state index in [1.807, 2.05) is 56.1 Å². The van der Waals surface area contributed by atoms with Gasteiger partial charge in [0, 0.05) is 58.4 Å². The smallest absolute Gasteiger partial charge is 0.226 e. The lowest BCUT2D eigenvalue weighted by atomic mass is 9.83. The van der Waals surface area contributed by atoms with E-state index in [1.165, 1.54) is 0 Å². The van der Waals surface area contributed by atoms with E-state index in [0.29, 0.717) is 31.1 Å². The third kappa shape index (κ3) is 14.1. The number of methoxy groups -OCH3 is 2. The number of likely N-dealkylation sites (N-methyl/N-ethyl adjacent to an activating group) is 2. The highest BCUT2D eigenvalue weighted by Gasteiger charge is 2.43. The Morgan fingerprint density at radius 1 is 0.855 bits per heavy atom. The van der Waals surface area contributed by atoms with Gasteiger partial charge in [-0.05, 0) is 81.7 Å². The molecule has 1 fully saturated rings. The van der Waals surface area contributed by atoms with Gasteiger partial charge in [0.1, 0.15) is 0 Å². The van der Waals surface area contributed by atoms with Crippen LogP contribution in [0, 0.1) is 29.6 Å². The predicted octanol–water partition coefficient (Wildman–Crippen LogP) is 7.35. The largest absolute Gasteiger partial charge is 0.386 e. The van der Waals surface area contributed by atoms with Gasteiger partial charge in [0.2, 0.25) is 17.7 Å². The van der Waals surface area contributed by atoms with Crippen LogP contribution in [0.15, 0.2) is 54.6 Å². The van der Waals surface area contributed by atoms with Crippen LogP contribution in [0.25, 0.3) is 0 Å². The summed E-state index contributed by atoms with van der Waals surface area (Å²) in [4.78, 5) is 62.5. The van der Waals surface area contributed by atoms with E-state index in [0.717, 1.165) is 24.1 Å². The number of hydrogen-bond acceptors (Lipinski definition) is 9. The lowest BCUT2D eigenvalue weighted by Gasteiger charge is -2.41. The zero-order valence-corrected chi connectivity index (χ0v) is 40.4. The molecule has 3 rings (SSSR count). The summed E-state index contributed by atoms with van der Waals surface area (Å²) in [5.74, 6) is -1.73. The first kappa shape index (κ1) is 52.5. The van der Waals surface area contributed by atoms with Crippen molar-refractivity contribution >= 4 is 29.2 Å². The van der Waals surface area contributed by atoms with Gasteiger partial charge in [-0.25, -0.2) is 0 Å². The number of ketones is 1. The maximum absolute atomic E-state index is 14.7. The predicted molar refractivity (Wildman–Crippen MR) is 248 cm³/mol. The lowest BCUT2D eigenvalue weighted by Crippen LogP contribution is -2.54. The van der Waals surface area contributed by atoms with Gasteiger partial charge in [0.15, 0.2) is 5.78 Å². The average Bonchev–Trinajstić information content (AvgIpc) is 3.72. The second-order valence-electron chi connectivity index (χ2n) is 18.9. The molecular weight excluding hydrogens is 783 g/mol. The summed E-state index contributed by atoms with van der Waals surface area (Å²) in [5, 5.41) is 17.3. The Kier molecular flexibility index (Phi) is 21.1. The first-order valence-corrected chi connectivity index (χ1v) is 23.0. The quantitative estimate of drug-likeness (QED) is 0.0935. The molecule has 1 aliphatic rings. The molecule has 1 heterocycles. The van der Waals surface area contributed by atoms with Crippen molar-refractivity contribution in [3.05, 3.63) is 65.7 Å². The number of carbonyl (C=O) groups excluding carboxylic acids is 4. The summed E-state index contributed by atoms with van der Waals surface area (Å²) in [7, 11) is 6.92. The highest BCUT2D eigenvalue weighted by atomic mass is 16.5. The van der Waals surface area contributed by atoms with E-state index in [-0.39, 0.29) is 66.2 Å². The molecule has 62 heavy (non-hydrogen) atoms. The van der Waals surface area contributed by atoms with Crippen molar-refractivity contribution in [2.45, 2.75) is 156 Å². The number of nitrogens with one attached hydrogen (secondary N) is 2. The fraction of sp³-hybridized carbons (Fsp3) is 0.680. The van der Waals surface area contributed by atoms with Gasteiger partial charge in [-0.2, -0.15) is 0 Å². The minimum Gasteiger partial charge on any atom is -0.386 e. The van der Waals surface area contributed by atoms with Crippen LogP contribution in [-0.4, -0.2) is 121 Å². The third-order valence-electron chi connectivity index (χ3n) is 13.1. The second-order valence-corrected chi connectivity index (χ2v) is 18.9. The van der Waals surface area contributed by atoms with E-state index < -0.39 is 42.2 Å². The van der Waals surface area contributed by atoms with E-state index in [4.69, 9.17) is 9.47 Å². The van der Waals surface area contributed by atoms with E-state index in [2.05, 4.69) is 81.3 Å². The van der Waals surface area contributed by atoms with Crippen LogP contribution in [0.2, 0.25) is 0 Å². The monoisotopic (exact) mass is 864 g/mol. The number of hydrogen-bond donors (Lipinski definition) is 3. The first-order valence-electron chi connectivity index (χ1n) is 23.0. The second kappa shape index (κ2) is 24.9. The van der Waals surface area contributed by atoms with Crippen LogP contribution >= 0.6 is 0 Å². The molecule has 2 aromatic rings. The van der Waals surface area contributed by atoms with E-state index in [9.17, 15) is 24.3 Å². The third-order valence-corrected chi connectivity index (χ3v) is 13.1. The standard InChI is InChI=1S/C50H81N5O7/c1-15-34(8)46(54(12)50(60)40(31(2)3)28-42(56)45(32(4)5)53(11)30-37-23-25-39(26-24-37)51-33(6)7)43(61-13)29-44(57)55-27-19-22-41(55)48(62-14)35(9)49(59)52-36(10)47(58)38-20-17-16-18-21-38/h16-18,20-21,23-26,31-36,40-41,43,45-48,51,58H,15,19,22,27-30H2,1-14H3,(H,52,59)/t34-,35+,36+,40-,41-,43+,45-,46-,47+,48+/m0/s1. The SMILES string of the molecule is CC[C@H](C)[C@@H]([C@@H](CC(=O)N1CCC[C@H]1[C@H](OC)[C@@H](C)C(=O)N[C@H](C)[C@@H](O)c1ccccc1)OC)N(C)C(=O)[C@@H](CC(=O)[C@H](C(C)C)N(C)Cc1ccc(NC(C)C)cc1)C(C)C. The molecular formula is C50H81N5O7. The summed E-state index contributed by atoms with van der Waals surface area (Å²) in [6, 6.07) is 16.2. The highest BCUT2D eigenvalue weighted by molar-refractivity contribution is 5.90. The average molecular weight is 864 g/mol. The normalized spacial score (nSPS) is 18.8. The Hall–Kier alpha value is -3.84. The first-order chi connectivity index (χ1) is 29.3. The van der Waals surface area contributed by atoms with Crippen LogP contribution in [-0.2, 0) is 35.2 Å². The zero-order chi connectivity index (χ0) is 46.4. The summed E-state index contributed by atoms with van der Waals surface area (Å²) in [6.07, 6.45) is 0.256. The number of anilines is 1. The molecule has 0 spiro atoms. The summed E-state index contributed by atoms with van der Waals surface area (Å²) in [5.41, 5.74) is 2.87. The van der Waals surface area contributed by atoms with Crippen LogP contribution in [0.1, 0.15) is 119 Å². The number of rotatable bonds is 25. The molecule has 0 bridgehead atoms. The summed E-state index contributed by atoms with van der Waals surface area (Å²) >= 11 is 0. The van der Waals surface area contributed by atoms with Gasteiger partial charge in [-0.3, -0.25) is 24.1 Å². The molecule has 2 aromatic carbocycles. The molecule has 12 heteroatoms. The molecule has 0 aromatic heterocycles. The summed E-state index contributed by atoms with van der Waals surface area (Å²) in [6.45, 7) is 21.1. The number of amides is 3. The highest BCUT2D eigenvalue weighted by Crippen LogP contribution is 2.31. The number of ether oxygens (including phenoxy) is 2. The lowest BCUT2D eigenvalue weighted by molar-refractivity contribution is -0.149. The Balaban J connectivity index is 1.76. The molecule has 1 saturated heterocycles. The number of likely N-dealkylation sites (tertiary alicyclic amines) is 1. The van der Waals surface area contributed by atoms with Crippen molar-refractivity contribution in [3.63, 3.8) is 0 Å². The van der Waals surface area contributed by atoms with E-state index >= 15 is 0 Å². The van der Waals surface area contributed by atoms with Gasteiger partial charge < -0.3 is 35.0 Å². The number of aliphatic hydroxyl groups is 1. The molecule has 0 saturated carbocycles. The van der Waals surface area contributed by atoms with Crippen molar-refractivity contribution in [1.29, 1.82) is 0 Å². The fourth-order valence-corrected chi connectivity index (χ4v) is 9.44. The van der Waals surface area contributed by atoms with Crippen LogP contribution < -0.4 is 10.6 Å². The van der Waals surface area contributed by atoms with Gasteiger partial charge in [-0.15, -0.1) is 0 Å². The van der Waals surface area contributed by atoms with Crippen molar-refractivity contribution in [3.8, 4) is 0 Å². The molecule has 12 nitrogen and oxygen atoms in total. The molecule has 10 atom stereocenters. The minimum atomic E-state index is -0.881. The van der Waals surface area contributed by atoms with Crippen molar-refractivity contribution < 1.29 is 33.8 Å². The maximum atomic E-state index is 14.7. The molecule has 3 amide bonds. The van der Waals surface area contributed by atoms with Gasteiger partial charge in [-0.1, -0.05) is 97.4 Å². The van der Waals surface area contributed by atoms with Crippen molar-refractivity contribution in [1.82, 2.24) is 20.0 Å². The minimum absolute atomic E-state index is 0.0140. The fourth-order valence-electron chi connectivity index (χ4n) is 9.44. The van der Waals surface area contributed by atoms with Crippen molar-refractivity contribution in [2.75, 3.05) is 40.2 Å². The molecule has 0 aliphatic carbocycles. The number of carbonyl (C=O) groups is 4. The molecule has 348 valence electrons. The number of nitrogens with zero attached hydrogens (tertiary/aromatic N) is 3. The van der Waals surface area contributed by atoms with Crippen LogP contribution in [0.3, 0.4) is 0 Å². The number of Topliss-reactive ketones (excluding diaryl/α,β-unsaturated/α-hetero) is 1. The topological polar surface area (TPSA) is 141 Å². The number of aliphatic hydroxyl groups excluding tert-OH is 1. The summed E-state index contributed by atoms with van der Waals surface area (Å²) < 4.78 is 12.1. The van der Waals surface area contributed by atoms with Gasteiger partial charge in [0.05, 0.1) is 54.8 Å². The van der Waals surface area contributed by atoms with Crippen molar-refractivity contribution in [2.24, 2.45) is 29.6 Å². The molecule has 3 N–H and O–H groups in total. The van der Waals surface area contributed by atoms with E-state index in [1.54, 1.807) is 40.0 Å². The van der Waals surface area contributed by atoms with Gasteiger partial charge >= 0.3 is 0 Å². The molecule has 0 unspecified atom stereocenters. The Labute approximate surface area is 373 Å². The van der Waals surface area contributed by atoms with Gasteiger partial charge in [0.25, 0.3) is 0 Å². The zero-order valence-electron chi connectivity index (χ0n) is 40.4. The Morgan fingerprint density at radius 2 is 1.48 bits per heavy atom. The van der Waals surface area contributed by atoms with Crippen LogP contribution in [0.5, 0.6) is 0 Å². The number of benzene rings is 2. The molecule has 0 radical (unpaired) electrons. The molecule has 1 aliphatic heterocycles. The van der Waals surface area contributed by atoms with Crippen LogP contribution in [0.4, 0.5) is 5.69 Å². The Bertz CT molecular complexity index is 1690. The maximum Gasteiger partial charge on any atom is 0.226 e.